The van der Waals surface area contributed by atoms with Crippen LogP contribution < -0.4 is 10.2 Å². The quantitative estimate of drug-likeness (QED) is 0.806. The van der Waals surface area contributed by atoms with Gasteiger partial charge in [-0.3, -0.25) is 0 Å². The Balaban J connectivity index is 2.30. The number of pyridine rings is 1. The molecule has 1 fully saturated rings. The van der Waals surface area contributed by atoms with E-state index in [1.165, 1.54) is 17.8 Å². The van der Waals surface area contributed by atoms with E-state index in [4.69, 9.17) is 0 Å². The molecule has 0 aliphatic carbocycles. The van der Waals surface area contributed by atoms with E-state index < -0.39 is 0 Å². The number of nitrogens with one attached hydrogen (secondary N) is 1. The summed E-state index contributed by atoms with van der Waals surface area (Å²) in [6, 6.07) is 4.25. The van der Waals surface area contributed by atoms with Gasteiger partial charge >= 0.3 is 0 Å². The minimum Gasteiger partial charge on any atom is -0.355 e. The second-order valence-electron chi connectivity index (χ2n) is 5.72. The van der Waals surface area contributed by atoms with Crippen molar-refractivity contribution >= 4 is 5.82 Å². The molecule has 3 heteroatoms. The van der Waals surface area contributed by atoms with E-state index in [0.29, 0.717) is 0 Å². The first-order chi connectivity index (χ1) is 8.09. The van der Waals surface area contributed by atoms with Gasteiger partial charge in [0.05, 0.1) is 0 Å². The minimum atomic E-state index is 0.156. The van der Waals surface area contributed by atoms with E-state index in [2.05, 4.69) is 42.0 Å². The second kappa shape index (κ2) is 5.05. The van der Waals surface area contributed by atoms with Crippen LogP contribution in [0, 0.1) is 0 Å². The summed E-state index contributed by atoms with van der Waals surface area (Å²) in [7, 11) is 0. The van der Waals surface area contributed by atoms with Crippen LogP contribution in [0.15, 0.2) is 18.3 Å². The van der Waals surface area contributed by atoms with Gasteiger partial charge in [0.25, 0.3) is 0 Å². The molecule has 94 valence electrons. The highest BCUT2D eigenvalue weighted by atomic mass is 15.2. The highest BCUT2D eigenvalue weighted by Crippen LogP contribution is 2.30. The van der Waals surface area contributed by atoms with Crippen molar-refractivity contribution in [1.82, 2.24) is 10.3 Å². The van der Waals surface area contributed by atoms with Crippen LogP contribution in [0.1, 0.15) is 32.8 Å². The fourth-order valence-corrected chi connectivity index (χ4v) is 2.29. The Morgan fingerprint density at radius 3 is 2.82 bits per heavy atom. The monoisotopic (exact) mass is 233 g/mol. The van der Waals surface area contributed by atoms with Gasteiger partial charge in [0.1, 0.15) is 5.82 Å². The summed E-state index contributed by atoms with van der Waals surface area (Å²) in [6.07, 6.45) is 3.10. The molecule has 0 amide bonds. The molecule has 1 N–H and O–H groups in total. The number of anilines is 1. The standard InChI is InChI=1S/C14H23N3/c1-14(2,3)12-6-4-8-16-13(12)17-10-5-7-15-9-11-17/h4,6,8,15H,5,7,9-11H2,1-3H3. The van der Waals surface area contributed by atoms with Crippen LogP contribution in [-0.4, -0.2) is 31.2 Å². The molecule has 1 aliphatic rings. The zero-order valence-electron chi connectivity index (χ0n) is 11.2. The average Bonchev–Trinajstić information content (AvgIpc) is 2.56. The molecule has 1 saturated heterocycles. The molecule has 2 heterocycles. The topological polar surface area (TPSA) is 28.2 Å². The van der Waals surface area contributed by atoms with E-state index in [1.807, 2.05) is 12.3 Å². The van der Waals surface area contributed by atoms with E-state index in [0.717, 1.165) is 26.2 Å². The summed E-state index contributed by atoms with van der Waals surface area (Å²) >= 11 is 0. The zero-order valence-corrected chi connectivity index (χ0v) is 11.2. The van der Waals surface area contributed by atoms with Crippen molar-refractivity contribution in [3.8, 4) is 0 Å². The van der Waals surface area contributed by atoms with Crippen LogP contribution in [0.4, 0.5) is 5.82 Å². The molecule has 0 aromatic carbocycles. The molecule has 0 atom stereocenters. The fraction of sp³-hybridized carbons (Fsp3) is 0.643. The summed E-state index contributed by atoms with van der Waals surface area (Å²) in [5, 5.41) is 3.44. The van der Waals surface area contributed by atoms with Crippen LogP contribution >= 0.6 is 0 Å². The van der Waals surface area contributed by atoms with Gasteiger partial charge < -0.3 is 10.2 Å². The largest absolute Gasteiger partial charge is 0.355 e. The first kappa shape index (κ1) is 12.4. The lowest BCUT2D eigenvalue weighted by Gasteiger charge is -2.29. The number of nitrogens with zero attached hydrogens (tertiary/aromatic N) is 2. The molecular formula is C14H23N3. The molecular weight excluding hydrogens is 210 g/mol. The third-order valence-electron chi connectivity index (χ3n) is 3.23. The van der Waals surface area contributed by atoms with Crippen molar-refractivity contribution in [2.45, 2.75) is 32.6 Å². The molecule has 3 nitrogen and oxygen atoms in total. The van der Waals surface area contributed by atoms with E-state index in [1.54, 1.807) is 0 Å². The maximum atomic E-state index is 4.61. The molecule has 0 bridgehead atoms. The van der Waals surface area contributed by atoms with Gasteiger partial charge in [0.2, 0.25) is 0 Å². The van der Waals surface area contributed by atoms with Gasteiger partial charge in [-0.15, -0.1) is 0 Å². The smallest absolute Gasteiger partial charge is 0.132 e. The fourth-order valence-electron chi connectivity index (χ4n) is 2.29. The highest BCUT2D eigenvalue weighted by molar-refractivity contribution is 5.50. The van der Waals surface area contributed by atoms with E-state index in [9.17, 15) is 0 Å². The Labute approximate surface area is 104 Å². The predicted octanol–water partition coefficient (Wildman–Crippen LogP) is 2.18. The molecule has 0 spiro atoms. The Kier molecular flexibility index (Phi) is 3.67. The van der Waals surface area contributed by atoms with Crippen molar-refractivity contribution in [2.24, 2.45) is 0 Å². The highest BCUT2D eigenvalue weighted by Gasteiger charge is 2.22. The molecule has 17 heavy (non-hydrogen) atoms. The lowest BCUT2D eigenvalue weighted by molar-refractivity contribution is 0.583. The second-order valence-corrected chi connectivity index (χ2v) is 5.72. The van der Waals surface area contributed by atoms with Gasteiger partial charge in [0, 0.05) is 31.4 Å². The number of rotatable bonds is 1. The number of hydrogen-bond acceptors (Lipinski definition) is 3. The van der Waals surface area contributed by atoms with Crippen molar-refractivity contribution in [3.05, 3.63) is 23.9 Å². The normalized spacial score (nSPS) is 17.9. The summed E-state index contributed by atoms with van der Waals surface area (Å²) in [6.45, 7) is 11.1. The molecule has 0 unspecified atom stereocenters. The first-order valence-electron chi connectivity index (χ1n) is 6.50. The van der Waals surface area contributed by atoms with E-state index in [-0.39, 0.29) is 5.41 Å². The van der Waals surface area contributed by atoms with Crippen LogP contribution in [0.5, 0.6) is 0 Å². The third-order valence-corrected chi connectivity index (χ3v) is 3.23. The van der Waals surface area contributed by atoms with Crippen LogP contribution in [0.2, 0.25) is 0 Å². The lowest BCUT2D eigenvalue weighted by atomic mass is 9.87. The zero-order chi connectivity index (χ0) is 12.3. The summed E-state index contributed by atoms with van der Waals surface area (Å²) < 4.78 is 0. The van der Waals surface area contributed by atoms with Gasteiger partial charge in [0.15, 0.2) is 0 Å². The molecule has 0 radical (unpaired) electrons. The predicted molar refractivity (Wildman–Crippen MR) is 72.6 cm³/mol. The van der Waals surface area contributed by atoms with E-state index >= 15 is 0 Å². The maximum Gasteiger partial charge on any atom is 0.132 e. The van der Waals surface area contributed by atoms with Crippen molar-refractivity contribution < 1.29 is 0 Å². The molecule has 2 rings (SSSR count). The van der Waals surface area contributed by atoms with Crippen LogP contribution in [0.25, 0.3) is 0 Å². The summed E-state index contributed by atoms with van der Waals surface area (Å²) in [5.74, 6) is 1.17. The average molecular weight is 233 g/mol. The number of hydrogen-bond donors (Lipinski definition) is 1. The first-order valence-corrected chi connectivity index (χ1v) is 6.50. The maximum absolute atomic E-state index is 4.61. The van der Waals surface area contributed by atoms with Crippen molar-refractivity contribution in [3.63, 3.8) is 0 Å². The lowest BCUT2D eigenvalue weighted by Crippen LogP contribution is -2.31. The van der Waals surface area contributed by atoms with Gasteiger partial charge in [-0.25, -0.2) is 4.98 Å². The number of aromatic nitrogens is 1. The molecule has 1 aromatic rings. The molecule has 1 aliphatic heterocycles. The van der Waals surface area contributed by atoms with Gasteiger partial charge in [-0.05, 0) is 24.4 Å². The third kappa shape index (κ3) is 2.97. The Bertz CT molecular complexity index is 360. The van der Waals surface area contributed by atoms with Crippen molar-refractivity contribution in [2.75, 3.05) is 31.1 Å². The van der Waals surface area contributed by atoms with Gasteiger partial charge in [-0.2, -0.15) is 0 Å². The van der Waals surface area contributed by atoms with Crippen LogP contribution in [-0.2, 0) is 5.41 Å². The van der Waals surface area contributed by atoms with Crippen molar-refractivity contribution in [1.29, 1.82) is 0 Å². The Hall–Kier alpha value is -1.09. The minimum absolute atomic E-state index is 0.156. The Morgan fingerprint density at radius 1 is 1.24 bits per heavy atom. The summed E-state index contributed by atoms with van der Waals surface area (Å²) in [4.78, 5) is 7.03. The van der Waals surface area contributed by atoms with Gasteiger partial charge in [-0.1, -0.05) is 26.8 Å². The SMILES string of the molecule is CC(C)(C)c1cccnc1N1CCCNCC1. The Morgan fingerprint density at radius 2 is 2.06 bits per heavy atom. The molecule has 0 saturated carbocycles. The molecule has 1 aromatic heterocycles. The van der Waals surface area contributed by atoms with Crippen LogP contribution in [0.3, 0.4) is 0 Å². The summed E-state index contributed by atoms with van der Waals surface area (Å²) in [5.41, 5.74) is 1.51.